The molecule has 130 valence electrons. The van der Waals surface area contributed by atoms with Gasteiger partial charge in [-0.3, -0.25) is 4.79 Å². The van der Waals surface area contributed by atoms with Gasteiger partial charge in [0.2, 0.25) is 5.91 Å². The molecule has 0 saturated heterocycles. The maximum atomic E-state index is 12.4. The zero-order chi connectivity index (χ0) is 18.0. The highest BCUT2D eigenvalue weighted by Crippen LogP contribution is 2.22. The van der Waals surface area contributed by atoms with Crippen LogP contribution in [-0.2, 0) is 22.6 Å². The summed E-state index contributed by atoms with van der Waals surface area (Å²) < 4.78 is 5.24. The monoisotopic (exact) mass is 330 g/mol. The molecule has 1 aliphatic rings. The van der Waals surface area contributed by atoms with Gasteiger partial charge in [-0.1, -0.05) is 30.3 Å². The summed E-state index contributed by atoms with van der Waals surface area (Å²) in [5.41, 5.74) is 1.14. The Morgan fingerprint density at radius 2 is 1.62 bits per heavy atom. The number of benzene rings is 1. The number of fused-ring (bicyclic) bond motifs is 1. The summed E-state index contributed by atoms with van der Waals surface area (Å²) in [5, 5.41) is 2.76. The molecule has 5 nitrogen and oxygen atoms in total. The highest BCUT2D eigenvalue weighted by atomic mass is 16.6. The molecule has 0 unspecified atom stereocenters. The van der Waals surface area contributed by atoms with E-state index in [1.54, 1.807) is 11.0 Å². The predicted octanol–water partition coefficient (Wildman–Crippen LogP) is 3.39. The molecule has 1 N–H and O–H groups in total. The predicted molar refractivity (Wildman–Crippen MR) is 93.3 cm³/mol. The summed E-state index contributed by atoms with van der Waals surface area (Å²) in [6.07, 6.45) is 2.71. The van der Waals surface area contributed by atoms with Crippen LogP contribution >= 0.6 is 0 Å². The number of carbonyl (C=O) groups excluding carboxylic acids is 2. The van der Waals surface area contributed by atoms with Gasteiger partial charge in [-0.2, -0.15) is 0 Å². The smallest absolute Gasteiger partial charge is 0.408 e. The van der Waals surface area contributed by atoms with Gasteiger partial charge in [-0.15, -0.1) is 0 Å². The van der Waals surface area contributed by atoms with Crippen molar-refractivity contribution < 1.29 is 14.3 Å². The number of hydrogen-bond donors (Lipinski definition) is 1. The number of amides is 2. The third-order valence-corrected chi connectivity index (χ3v) is 3.62. The van der Waals surface area contributed by atoms with E-state index in [0.29, 0.717) is 13.1 Å². The van der Waals surface area contributed by atoms with E-state index >= 15 is 0 Å². The SMILES string of the molecule is CC(C)(/C=C/C(=O)N1Cc2ccccc2C1)NC(=O)OC(C)(C)C. The molecule has 0 radical (unpaired) electrons. The fourth-order valence-electron chi connectivity index (χ4n) is 2.48. The van der Waals surface area contributed by atoms with Crippen molar-refractivity contribution in [2.45, 2.75) is 58.8 Å². The average Bonchev–Trinajstić information content (AvgIpc) is 2.86. The molecule has 0 bridgehead atoms. The number of rotatable bonds is 3. The van der Waals surface area contributed by atoms with Crippen molar-refractivity contribution in [3.8, 4) is 0 Å². The molecule has 24 heavy (non-hydrogen) atoms. The molecule has 0 saturated carbocycles. The van der Waals surface area contributed by atoms with Crippen LogP contribution < -0.4 is 5.32 Å². The second kappa shape index (κ2) is 6.67. The van der Waals surface area contributed by atoms with Gasteiger partial charge >= 0.3 is 6.09 Å². The van der Waals surface area contributed by atoms with Crippen LogP contribution in [0.25, 0.3) is 0 Å². The number of ether oxygens (including phenoxy) is 1. The van der Waals surface area contributed by atoms with Crippen molar-refractivity contribution >= 4 is 12.0 Å². The summed E-state index contributed by atoms with van der Waals surface area (Å²) in [6.45, 7) is 10.3. The fraction of sp³-hybridized carbons (Fsp3) is 0.474. The van der Waals surface area contributed by atoms with Crippen molar-refractivity contribution in [3.05, 3.63) is 47.5 Å². The molecule has 0 aromatic heterocycles. The molecule has 2 amide bonds. The number of nitrogens with one attached hydrogen (secondary N) is 1. The van der Waals surface area contributed by atoms with Crippen LogP contribution in [0.15, 0.2) is 36.4 Å². The van der Waals surface area contributed by atoms with Crippen molar-refractivity contribution in [2.75, 3.05) is 0 Å². The lowest BCUT2D eigenvalue weighted by Gasteiger charge is -2.26. The van der Waals surface area contributed by atoms with Crippen molar-refractivity contribution in [2.24, 2.45) is 0 Å². The maximum absolute atomic E-state index is 12.4. The first-order chi connectivity index (χ1) is 11.1. The van der Waals surface area contributed by atoms with E-state index in [0.717, 1.165) is 0 Å². The summed E-state index contributed by atoms with van der Waals surface area (Å²) in [6, 6.07) is 8.05. The van der Waals surface area contributed by atoms with Crippen molar-refractivity contribution in [1.29, 1.82) is 0 Å². The Labute approximate surface area is 143 Å². The topological polar surface area (TPSA) is 58.6 Å². The minimum absolute atomic E-state index is 0.0646. The van der Waals surface area contributed by atoms with Crippen LogP contribution in [-0.4, -0.2) is 28.0 Å². The lowest BCUT2D eigenvalue weighted by Crippen LogP contribution is -2.44. The van der Waals surface area contributed by atoms with Gasteiger partial charge in [0, 0.05) is 19.2 Å². The quantitative estimate of drug-likeness (QED) is 0.864. The van der Waals surface area contributed by atoms with Crippen LogP contribution in [0.5, 0.6) is 0 Å². The Balaban J connectivity index is 1.92. The summed E-state index contributed by atoms with van der Waals surface area (Å²) in [5.74, 6) is -0.0646. The van der Waals surface area contributed by atoms with Crippen molar-refractivity contribution in [3.63, 3.8) is 0 Å². The zero-order valence-electron chi connectivity index (χ0n) is 15.1. The van der Waals surface area contributed by atoms with Crippen LogP contribution in [0.4, 0.5) is 4.79 Å². The molecule has 0 fully saturated rings. The lowest BCUT2D eigenvalue weighted by molar-refractivity contribution is -0.126. The highest BCUT2D eigenvalue weighted by molar-refractivity contribution is 5.88. The Kier molecular flexibility index (Phi) is 5.02. The molecule has 5 heteroatoms. The molecule has 0 spiro atoms. The first kappa shape index (κ1) is 18.0. The second-order valence-corrected chi connectivity index (χ2v) is 7.64. The van der Waals surface area contributed by atoms with Gasteiger partial charge in [-0.25, -0.2) is 4.79 Å². The van der Waals surface area contributed by atoms with Gasteiger partial charge in [0.15, 0.2) is 0 Å². The first-order valence-electron chi connectivity index (χ1n) is 8.12. The van der Waals surface area contributed by atoms with Crippen molar-refractivity contribution in [1.82, 2.24) is 10.2 Å². The molecular formula is C19H26N2O3. The first-order valence-corrected chi connectivity index (χ1v) is 8.12. The molecular weight excluding hydrogens is 304 g/mol. The van der Waals surface area contributed by atoms with Crippen LogP contribution in [0, 0.1) is 0 Å². The molecule has 1 aliphatic heterocycles. The molecule has 2 rings (SSSR count). The maximum Gasteiger partial charge on any atom is 0.408 e. The average molecular weight is 330 g/mol. The minimum atomic E-state index is -0.676. The number of hydrogen-bond acceptors (Lipinski definition) is 3. The standard InChI is InChI=1S/C19H26N2O3/c1-18(2,3)24-17(23)20-19(4,5)11-10-16(22)21-12-14-8-6-7-9-15(14)13-21/h6-11H,12-13H2,1-5H3,(H,20,23)/b11-10+. The number of nitrogens with zero attached hydrogens (tertiary/aromatic N) is 1. The zero-order valence-corrected chi connectivity index (χ0v) is 15.1. The van der Waals surface area contributed by atoms with Gasteiger partial charge in [0.05, 0.1) is 5.54 Å². The Morgan fingerprint density at radius 1 is 1.08 bits per heavy atom. The molecule has 1 heterocycles. The number of alkyl carbamates (subject to hydrolysis) is 1. The largest absolute Gasteiger partial charge is 0.444 e. The second-order valence-electron chi connectivity index (χ2n) is 7.64. The Bertz CT molecular complexity index is 632. The summed E-state index contributed by atoms with van der Waals surface area (Å²) >= 11 is 0. The fourth-order valence-corrected chi connectivity index (χ4v) is 2.48. The van der Waals surface area contributed by atoms with Gasteiger partial charge < -0.3 is 15.0 Å². The van der Waals surface area contributed by atoms with E-state index in [9.17, 15) is 9.59 Å². The van der Waals surface area contributed by atoms with E-state index < -0.39 is 17.2 Å². The van der Waals surface area contributed by atoms with E-state index in [-0.39, 0.29) is 5.91 Å². The molecule has 1 aromatic carbocycles. The van der Waals surface area contributed by atoms with E-state index in [4.69, 9.17) is 4.74 Å². The third kappa shape index (κ3) is 5.11. The van der Waals surface area contributed by atoms with E-state index in [1.165, 1.54) is 17.2 Å². The van der Waals surface area contributed by atoms with Gasteiger partial charge in [0.25, 0.3) is 0 Å². The van der Waals surface area contributed by atoms with Gasteiger partial charge in [0.1, 0.15) is 5.60 Å². The molecule has 1 aromatic rings. The van der Waals surface area contributed by atoms with Gasteiger partial charge in [-0.05, 0) is 45.7 Å². The van der Waals surface area contributed by atoms with E-state index in [2.05, 4.69) is 5.32 Å². The minimum Gasteiger partial charge on any atom is -0.444 e. The van der Waals surface area contributed by atoms with E-state index in [1.807, 2.05) is 58.9 Å². The Morgan fingerprint density at radius 3 is 2.12 bits per heavy atom. The van der Waals surface area contributed by atoms with Crippen LogP contribution in [0.2, 0.25) is 0 Å². The highest BCUT2D eigenvalue weighted by Gasteiger charge is 2.24. The normalized spacial score (nSPS) is 14.6. The molecule has 0 atom stereocenters. The summed E-state index contributed by atoms with van der Waals surface area (Å²) in [4.78, 5) is 26.0. The van der Waals surface area contributed by atoms with Crippen LogP contribution in [0.1, 0.15) is 45.7 Å². The lowest BCUT2D eigenvalue weighted by atomic mass is 10.1. The van der Waals surface area contributed by atoms with Crippen LogP contribution in [0.3, 0.4) is 0 Å². The molecule has 0 aliphatic carbocycles. The Hall–Kier alpha value is -2.30. The summed E-state index contributed by atoms with van der Waals surface area (Å²) in [7, 11) is 0. The third-order valence-electron chi connectivity index (χ3n) is 3.62. The number of carbonyl (C=O) groups is 2.